The van der Waals surface area contributed by atoms with E-state index in [-0.39, 0.29) is 17.3 Å². The zero-order valence-corrected chi connectivity index (χ0v) is 16.4. The number of carbonyl (C=O) groups excluding carboxylic acids is 1. The zero-order valence-electron chi connectivity index (χ0n) is 15.5. The normalized spacial score (nSPS) is 17.7. The second-order valence-corrected chi connectivity index (χ2v) is 8.69. The van der Waals surface area contributed by atoms with Gasteiger partial charge in [0.25, 0.3) is 0 Å². The molecule has 1 amide bonds. The van der Waals surface area contributed by atoms with Gasteiger partial charge in [-0.25, -0.2) is 23.1 Å². The number of anilines is 1. The van der Waals surface area contributed by atoms with E-state index >= 15 is 0 Å². The highest BCUT2D eigenvalue weighted by atomic mass is 32.2. The molecule has 0 aliphatic carbocycles. The molecule has 1 aliphatic heterocycles. The van der Waals surface area contributed by atoms with E-state index in [4.69, 9.17) is 0 Å². The van der Waals surface area contributed by atoms with Crippen LogP contribution in [0.3, 0.4) is 0 Å². The minimum atomic E-state index is -3.61. The van der Waals surface area contributed by atoms with E-state index < -0.39 is 15.9 Å². The molecule has 3 heterocycles. The van der Waals surface area contributed by atoms with Crippen LogP contribution in [0.1, 0.15) is 12.8 Å². The Balaban J connectivity index is 1.42. The fourth-order valence-electron chi connectivity index (χ4n) is 3.28. The number of pyridine rings is 1. The van der Waals surface area contributed by atoms with Gasteiger partial charge in [0.05, 0.1) is 22.7 Å². The number of amides is 1. The second-order valence-electron chi connectivity index (χ2n) is 6.75. The van der Waals surface area contributed by atoms with Crippen molar-refractivity contribution in [3.05, 3.63) is 61.3 Å². The minimum Gasteiger partial charge on any atom is -0.324 e. The molecular weight excluding hydrogens is 392 g/mol. The predicted octanol–water partition coefficient (Wildman–Crippen LogP) is 1.70. The van der Waals surface area contributed by atoms with Gasteiger partial charge in [0.2, 0.25) is 15.9 Å². The Morgan fingerprint density at radius 3 is 2.66 bits per heavy atom. The molecule has 0 spiro atoms. The number of benzene rings is 1. The summed E-state index contributed by atoms with van der Waals surface area (Å²) >= 11 is 0. The smallest absolute Gasteiger partial charge is 0.243 e. The summed E-state index contributed by atoms with van der Waals surface area (Å²) in [5.74, 6) is -0.0520. The molecular formula is C19H20N6O3S. The largest absolute Gasteiger partial charge is 0.324 e. The summed E-state index contributed by atoms with van der Waals surface area (Å²) in [5, 5.41) is 6.83. The van der Waals surface area contributed by atoms with Gasteiger partial charge in [-0.15, -0.1) is 0 Å². The molecule has 10 heteroatoms. The van der Waals surface area contributed by atoms with Crippen molar-refractivity contribution in [2.24, 2.45) is 5.92 Å². The van der Waals surface area contributed by atoms with Gasteiger partial charge in [0.15, 0.2) is 5.82 Å². The van der Waals surface area contributed by atoms with Crippen molar-refractivity contribution in [1.82, 2.24) is 24.1 Å². The molecule has 29 heavy (non-hydrogen) atoms. The van der Waals surface area contributed by atoms with E-state index in [1.807, 2.05) is 0 Å². The Morgan fingerprint density at radius 2 is 1.97 bits per heavy atom. The van der Waals surface area contributed by atoms with Gasteiger partial charge in [0, 0.05) is 13.1 Å². The lowest BCUT2D eigenvalue weighted by molar-refractivity contribution is -0.120. The standard InChI is InChI=1S/C19H20N6O3S/c26-19(23-16-8-9-18(21-11-16)25-14-20-13-22-25)15-5-4-10-24(12-15)29(27,28)17-6-2-1-3-7-17/h1-3,6-9,11,13-15H,4-5,10,12H2,(H,23,26)/t15-/m1/s1. The summed E-state index contributed by atoms with van der Waals surface area (Å²) in [5.41, 5.74) is 0.543. The summed E-state index contributed by atoms with van der Waals surface area (Å²) in [7, 11) is -3.61. The first-order valence-electron chi connectivity index (χ1n) is 9.21. The highest BCUT2D eigenvalue weighted by molar-refractivity contribution is 7.89. The van der Waals surface area contributed by atoms with E-state index in [0.717, 1.165) is 0 Å². The maximum absolute atomic E-state index is 12.8. The third-order valence-corrected chi connectivity index (χ3v) is 6.68. The maximum Gasteiger partial charge on any atom is 0.243 e. The van der Waals surface area contributed by atoms with Crippen LogP contribution in [0, 0.1) is 5.92 Å². The number of rotatable bonds is 5. The fraction of sp³-hybridized carbons (Fsp3) is 0.263. The first kappa shape index (κ1) is 19.2. The lowest BCUT2D eigenvalue weighted by atomic mass is 9.99. The van der Waals surface area contributed by atoms with E-state index in [1.54, 1.807) is 42.5 Å². The number of carbonyl (C=O) groups is 1. The van der Waals surface area contributed by atoms with Crippen LogP contribution in [0.2, 0.25) is 0 Å². The number of nitrogens with one attached hydrogen (secondary N) is 1. The van der Waals surface area contributed by atoms with Crippen molar-refractivity contribution in [2.45, 2.75) is 17.7 Å². The Bertz CT molecular complexity index is 1070. The second kappa shape index (κ2) is 8.10. The van der Waals surface area contributed by atoms with Gasteiger partial charge in [0.1, 0.15) is 12.7 Å². The molecule has 1 aromatic carbocycles. The quantitative estimate of drug-likeness (QED) is 0.683. The topological polar surface area (TPSA) is 110 Å². The average molecular weight is 412 g/mol. The number of sulfonamides is 1. The van der Waals surface area contributed by atoms with Crippen LogP contribution >= 0.6 is 0 Å². The Morgan fingerprint density at radius 1 is 1.14 bits per heavy atom. The van der Waals surface area contributed by atoms with Crippen molar-refractivity contribution in [3.63, 3.8) is 0 Å². The van der Waals surface area contributed by atoms with Crippen LogP contribution < -0.4 is 5.32 Å². The Hall–Kier alpha value is -3.11. The summed E-state index contributed by atoms with van der Waals surface area (Å²) in [6.45, 7) is 0.572. The van der Waals surface area contributed by atoms with Gasteiger partial charge in [-0.1, -0.05) is 18.2 Å². The molecule has 1 fully saturated rings. The number of hydrogen-bond donors (Lipinski definition) is 1. The summed E-state index contributed by atoms with van der Waals surface area (Å²) in [4.78, 5) is 21.1. The fourth-order valence-corrected chi connectivity index (χ4v) is 4.83. The highest BCUT2D eigenvalue weighted by Gasteiger charge is 2.33. The Kier molecular flexibility index (Phi) is 5.36. The van der Waals surface area contributed by atoms with Crippen LogP contribution in [-0.2, 0) is 14.8 Å². The van der Waals surface area contributed by atoms with Gasteiger partial charge in [-0.3, -0.25) is 4.79 Å². The summed E-state index contributed by atoms with van der Waals surface area (Å²) in [6, 6.07) is 11.7. The predicted molar refractivity (Wildman–Crippen MR) is 106 cm³/mol. The molecule has 1 aliphatic rings. The molecule has 150 valence electrons. The van der Waals surface area contributed by atoms with Crippen LogP contribution in [0.15, 0.2) is 66.2 Å². The van der Waals surface area contributed by atoms with Gasteiger partial charge >= 0.3 is 0 Å². The molecule has 9 nitrogen and oxygen atoms in total. The van der Waals surface area contributed by atoms with Gasteiger partial charge in [-0.2, -0.15) is 9.40 Å². The first-order valence-corrected chi connectivity index (χ1v) is 10.7. The highest BCUT2D eigenvalue weighted by Crippen LogP contribution is 2.24. The summed E-state index contributed by atoms with van der Waals surface area (Å²) in [6.07, 6.45) is 5.75. The van der Waals surface area contributed by atoms with Crippen LogP contribution in [0.5, 0.6) is 0 Å². The third-order valence-electron chi connectivity index (χ3n) is 4.80. The number of nitrogens with zero attached hydrogens (tertiary/aromatic N) is 5. The van der Waals surface area contributed by atoms with Gasteiger partial charge < -0.3 is 5.32 Å². The molecule has 0 radical (unpaired) electrons. The molecule has 1 atom stereocenters. The van der Waals surface area contributed by atoms with E-state index in [9.17, 15) is 13.2 Å². The van der Waals surface area contributed by atoms with Crippen molar-refractivity contribution in [2.75, 3.05) is 18.4 Å². The molecule has 1 saturated heterocycles. The monoisotopic (exact) mass is 412 g/mol. The van der Waals surface area contributed by atoms with Crippen LogP contribution in [0.25, 0.3) is 5.82 Å². The molecule has 0 bridgehead atoms. The SMILES string of the molecule is O=C(Nc1ccc(-n2cncn2)nc1)[C@@H]1CCCN(S(=O)(=O)c2ccccc2)C1. The average Bonchev–Trinajstić information content (AvgIpc) is 3.30. The van der Waals surface area contributed by atoms with Gasteiger partial charge in [-0.05, 0) is 37.1 Å². The third kappa shape index (κ3) is 4.17. The minimum absolute atomic E-state index is 0.160. The molecule has 3 aromatic rings. The van der Waals surface area contributed by atoms with E-state index in [0.29, 0.717) is 30.9 Å². The Labute approximate surface area is 168 Å². The molecule has 0 unspecified atom stereocenters. The van der Waals surface area contributed by atoms with Crippen molar-refractivity contribution >= 4 is 21.6 Å². The zero-order chi connectivity index (χ0) is 20.3. The number of piperidine rings is 1. The van der Waals surface area contributed by atoms with Crippen LogP contribution in [0.4, 0.5) is 5.69 Å². The summed E-state index contributed by atoms with van der Waals surface area (Å²) < 4.78 is 28.6. The van der Waals surface area contributed by atoms with Crippen molar-refractivity contribution in [3.8, 4) is 5.82 Å². The molecule has 1 N–H and O–H groups in total. The number of aromatic nitrogens is 4. The van der Waals surface area contributed by atoms with E-state index in [1.165, 1.54) is 27.8 Å². The van der Waals surface area contributed by atoms with Crippen molar-refractivity contribution < 1.29 is 13.2 Å². The lowest BCUT2D eigenvalue weighted by Gasteiger charge is -2.31. The molecule has 0 saturated carbocycles. The molecule has 2 aromatic heterocycles. The van der Waals surface area contributed by atoms with E-state index in [2.05, 4.69) is 20.4 Å². The maximum atomic E-state index is 12.8. The van der Waals surface area contributed by atoms with Crippen LogP contribution in [-0.4, -0.2) is 51.5 Å². The van der Waals surface area contributed by atoms with Crippen molar-refractivity contribution in [1.29, 1.82) is 0 Å². The first-order chi connectivity index (χ1) is 14.0. The lowest BCUT2D eigenvalue weighted by Crippen LogP contribution is -2.43. The molecule has 4 rings (SSSR count). The number of hydrogen-bond acceptors (Lipinski definition) is 6.